The molecule has 1 aromatic heterocycles. The monoisotopic (exact) mass is 321 g/mol. The minimum absolute atomic E-state index is 0.0700. The predicted octanol–water partition coefficient (Wildman–Crippen LogP) is 3.24. The molecule has 0 aliphatic rings. The maximum Gasteiger partial charge on any atom is 0.375 e. The summed E-state index contributed by atoms with van der Waals surface area (Å²) in [6.07, 6.45) is 0.614. The number of hydrogen-bond donors (Lipinski definition) is 1. The number of hydrogen-bond acceptors (Lipinski definition) is 4. The summed E-state index contributed by atoms with van der Waals surface area (Å²) in [6, 6.07) is 5.07. The lowest BCUT2D eigenvalue weighted by molar-refractivity contribution is -0.128. The van der Waals surface area contributed by atoms with Crippen LogP contribution < -0.4 is 5.32 Å². The number of nitrogens with one attached hydrogen (secondary N) is 1. The van der Waals surface area contributed by atoms with Crippen molar-refractivity contribution in [1.29, 1.82) is 0 Å². The summed E-state index contributed by atoms with van der Waals surface area (Å²) >= 11 is 5.94. The minimum Gasteiger partial charge on any atom is -0.449 e. The number of ether oxygens (including phenoxy) is 1. The van der Waals surface area contributed by atoms with Crippen LogP contribution in [0.25, 0.3) is 11.0 Å². The Labute approximate surface area is 132 Å². The summed E-state index contributed by atoms with van der Waals surface area (Å²) in [7, 11) is 0. The molecule has 1 atom stereocenters. The second-order valence-electron chi connectivity index (χ2n) is 4.78. The topological polar surface area (TPSA) is 68.5 Å². The first-order valence-electron chi connectivity index (χ1n) is 6.72. The van der Waals surface area contributed by atoms with Crippen LogP contribution in [0.2, 0.25) is 5.02 Å². The van der Waals surface area contributed by atoms with Crippen LogP contribution in [-0.2, 0) is 9.53 Å². The van der Waals surface area contributed by atoms with Gasteiger partial charge in [-0.2, -0.15) is 0 Å². The fraction of sp³-hybridized carbons (Fsp3) is 0.250. The van der Waals surface area contributed by atoms with Gasteiger partial charge in [0.25, 0.3) is 5.91 Å². The van der Waals surface area contributed by atoms with E-state index in [9.17, 15) is 9.59 Å². The third-order valence-corrected chi connectivity index (χ3v) is 3.39. The zero-order valence-corrected chi connectivity index (χ0v) is 13.1. The lowest BCUT2D eigenvalue weighted by atomic mass is 10.1. The number of carbonyl (C=O) groups excluding carboxylic acids is 2. The van der Waals surface area contributed by atoms with E-state index >= 15 is 0 Å². The highest BCUT2D eigenvalue weighted by molar-refractivity contribution is 6.31. The van der Waals surface area contributed by atoms with E-state index < -0.39 is 18.0 Å². The van der Waals surface area contributed by atoms with Gasteiger partial charge in [0.1, 0.15) is 5.58 Å². The molecule has 2 rings (SSSR count). The summed E-state index contributed by atoms with van der Waals surface area (Å²) < 4.78 is 10.6. The summed E-state index contributed by atoms with van der Waals surface area (Å²) in [4.78, 5) is 23.8. The van der Waals surface area contributed by atoms with Crippen LogP contribution in [0, 0.1) is 6.92 Å². The number of aryl methyl sites for hydroxylation is 1. The zero-order valence-electron chi connectivity index (χ0n) is 12.3. The van der Waals surface area contributed by atoms with Crippen molar-refractivity contribution < 1.29 is 18.7 Å². The summed E-state index contributed by atoms with van der Waals surface area (Å²) in [5.41, 5.74) is 1.17. The van der Waals surface area contributed by atoms with Crippen LogP contribution in [0.4, 0.5) is 0 Å². The van der Waals surface area contributed by atoms with Crippen LogP contribution in [-0.4, -0.2) is 24.5 Å². The molecule has 6 heteroatoms. The van der Waals surface area contributed by atoms with Crippen molar-refractivity contribution in [2.75, 3.05) is 6.54 Å². The van der Waals surface area contributed by atoms with E-state index in [1.165, 1.54) is 6.92 Å². The fourth-order valence-corrected chi connectivity index (χ4v) is 2.14. The minimum atomic E-state index is -0.927. The van der Waals surface area contributed by atoms with Gasteiger partial charge < -0.3 is 14.5 Å². The van der Waals surface area contributed by atoms with Crippen LogP contribution in [0.1, 0.15) is 23.0 Å². The molecule has 1 heterocycles. The molecule has 0 radical (unpaired) electrons. The molecule has 0 aliphatic heterocycles. The number of amides is 1. The van der Waals surface area contributed by atoms with Crippen LogP contribution in [0.3, 0.4) is 0 Å². The summed E-state index contributed by atoms with van der Waals surface area (Å²) in [5.74, 6) is -1.02. The molecule has 0 spiro atoms. The molecule has 5 nitrogen and oxygen atoms in total. The van der Waals surface area contributed by atoms with Crippen LogP contribution >= 0.6 is 11.6 Å². The highest BCUT2D eigenvalue weighted by atomic mass is 35.5. The molecule has 22 heavy (non-hydrogen) atoms. The van der Waals surface area contributed by atoms with E-state index in [0.717, 1.165) is 5.39 Å². The number of furan rings is 1. The van der Waals surface area contributed by atoms with Gasteiger partial charge in [0.2, 0.25) is 5.76 Å². The van der Waals surface area contributed by atoms with Crippen molar-refractivity contribution in [2.45, 2.75) is 20.0 Å². The fourth-order valence-electron chi connectivity index (χ4n) is 1.97. The Balaban J connectivity index is 2.17. The average Bonchev–Trinajstić information content (AvgIpc) is 2.81. The van der Waals surface area contributed by atoms with Gasteiger partial charge in [0, 0.05) is 22.5 Å². The van der Waals surface area contributed by atoms with Crippen molar-refractivity contribution in [3.8, 4) is 0 Å². The quantitative estimate of drug-likeness (QED) is 0.678. The molecule has 1 N–H and O–H groups in total. The highest BCUT2D eigenvalue weighted by Crippen LogP contribution is 2.28. The number of esters is 1. The Morgan fingerprint density at radius 2 is 2.23 bits per heavy atom. The highest BCUT2D eigenvalue weighted by Gasteiger charge is 2.23. The molecule has 0 saturated heterocycles. The zero-order chi connectivity index (χ0) is 16.3. The van der Waals surface area contributed by atoms with E-state index in [1.807, 2.05) is 0 Å². The number of benzene rings is 1. The first-order chi connectivity index (χ1) is 10.4. The van der Waals surface area contributed by atoms with Crippen molar-refractivity contribution in [1.82, 2.24) is 5.32 Å². The van der Waals surface area contributed by atoms with Crippen molar-refractivity contribution in [3.63, 3.8) is 0 Å². The first kappa shape index (κ1) is 16.1. The molecular formula is C16H16ClNO4. The molecule has 2 aromatic rings. The number of rotatable bonds is 5. The maximum atomic E-state index is 12.2. The predicted molar refractivity (Wildman–Crippen MR) is 84.0 cm³/mol. The van der Waals surface area contributed by atoms with Gasteiger partial charge >= 0.3 is 5.97 Å². The third kappa shape index (κ3) is 3.31. The molecule has 116 valence electrons. The summed E-state index contributed by atoms with van der Waals surface area (Å²) in [5, 5.41) is 3.84. The van der Waals surface area contributed by atoms with Crippen molar-refractivity contribution in [2.24, 2.45) is 0 Å². The van der Waals surface area contributed by atoms with Crippen LogP contribution in [0.15, 0.2) is 35.3 Å². The first-order valence-corrected chi connectivity index (χ1v) is 7.10. The average molecular weight is 322 g/mol. The van der Waals surface area contributed by atoms with Crippen molar-refractivity contribution in [3.05, 3.63) is 47.2 Å². The van der Waals surface area contributed by atoms with Gasteiger partial charge in [-0.3, -0.25) is 4.79 Å². The molecule has 0 bridgehead atoms. The van der Waals surface area contributed by atoms with E-state index in [0.29, 0.717) is 22.7 Å². The van der Waals surface area contributed by atoms with Gasteiger partial charge in [-0.1, -0.05) is 17.7 Å². The van der Waals surface area contributed by atoms with Crippen molar-refractivity contribution >= 4 is 34.4 Å². The lowest BCUT2D eigenvalue weighted by Crippen LogP contribution is -2.35. The van der Waals surface area contributed by atoms with Gasteiger partial charge in [0.05, 0.1) is 0 Å². The SMILES string of the molecule is C=CCNC(=O)[C@H](C)OC(=O)c1oc2ccc(Cl)cc2c1C. The molecule has 0 fully saturated rings. The number of carbonyl (C=O) groups is 2. The molecule has 1 amide bonds. The van der Waals surface area contributed by atoms with Gasteiger partial charge in [-0.15, -0.1) is 6.58 Å². The number of fused-ring (bicyclic) bond motifs is 1. The molecule has 0 saturated carbocycles. The van der Waals surface area contributed by atoms with Gasteiger partial charge in [0.15, 0.2) is 6.10 Å². The molecule has 0 aliphatic carbocycles. The van der Waals surface area contributed by atoms with Gasteiger partial charge in [-0.25, -0.2) is 4.79 Å². The maximum absolute atomic E-state index is 12.2. The molecular weight excluding hydrogens is 306 g/mol. The second-order valence-corrected chi connectivity index (χ2v) is 5.21. The van der Waals surface area contributed by atoms with E-state index in [1.54, 1.807) is 31.2 Å². The Hall–Kier alpha value is -2.27. The Bertz CT molecular complexity index is 735. The molecule has 1 aromatic carbocycles. The van der Waals surface area contributed by atoms with E-state index in [-0.39, 0.29) is 5.76 Å². The normalized spacial score (nSPS) is 12.0. The largest absolute Gasteiger partial charge is 0.449 e. The third-order valence-electron chi connectivity index (χ3n) is 3.16. The molecule has 0 unspecified atom stereocenters. The number of halogens is 1. The Kier molecular flexibility index (Phi) is 4.88. The van der Waals surface area contributed by atoms with Crippen LogP contribution in [0.5, 0.6) is 0 Å². The Morgan fingerprint density at radius 3 is 2.91 bits per heavy atom. The van der Waals surface area contributed by atoms with Gasteiger partial charge in [-0.05, 0) is 32.0 Å². The van der Waals surface area contributed by atoms with E-state index in [2.05, 4.69) is 11.9 Å². The van der Waals surface area contributed by atoms with E-state index in [4.69, 9.17) is 20.8 Å². The lowest BCUT2D eigenvalue weighted by Gasteiger charge is -2.11. The summed E-state index contributed by atoms with van der Waals surface area (Å²) in [6.45, 7) is 7.03. The smallest absolute Gasteiger partial charge is 0.375 e. The second kappa shape index (κ2) is 6.66. The standard InChI is InChI=1S/C16H16ClNO4/c1-4-7-18-15(19)10(3)21-16(20)14-9(2)12-8-11(17)5-6-13(12)22-14/h4-6,8,10H,1,7H2,2-3H3,(H,18,19)/t10-/m0/s1. The Morgan fingerprint density at radius 1 is 1.50 bits per heavy atom.